The van der Waals surface area contributed by atoms with Crippen LogP contribution in [0.4, 0.5) is 21.9 Å². The molecule has 0 saturated carbocycles. The average Bonchev–Trinajstić information content (AvgIpc) is 2.76. The molecule has 6 heteroatoms. The van der Waals surface area contributed by atoms with Crippen molar-refractivity contribution in [3.63, 3.8) is 0 Å². The summed E-state index contributed by atoms with van der Waals surface area (Å²) in [7, 11) is 0. The predicted octanol–water partition coefficient (Wildman–Crippen LogP) is 5.39. The second-order valence-corrected chi connectivity index (χ2v) is 7.74. The standard InChI is InChI=1S/C23H22BrN3O2/c24-18-6-10-20(11-7-18)26-14-16-27(17-15-26)21-12-8-19(9-13-21)25-23(28)29-22-4-2-1-3-5-22/h1-13H,14-17H2,(H,25,28). The summed E-state index contributed by atoms with van der Waals surface area (Å²) in [6.45, 7) is 3.87. The SMILES string of the molecule is O=C(Nc1ccc(N2CCN(c3ccc(Br)cc3)CC2)cc1)Oc1ccccc1. The highest BCUT2D eigenvalue weighted by molar-refractivity contribution is 9.10. The maximum atomic E-state index is 12.0. The molecule has 0 aromatic heterocycles. The minimum atomic E-state index is -0.493. The van der Waals surface area contributed by atoms with Crippen LogP contribution in [0, 0.1) is 0 Å². The summed E-state index contributed by atoms with van der Waals surface area (Å²) in [4.78, 5) is 16.8. The van der Waals surface area contributed by atoms with E-state index in [0.717, 1.165) is 36.3 Å². The number of piperazine rings is 1. The van der Waals surface area contributed by atoms with Gasteiger partial charge in [-0.15, -0.1) is 0 Å². The van der Waals surface area contributed by atoms with Gasteiger partial charge in [0.25, 0.3) is 0 Å². The zero-order valence-electron chi connectivity index (χ0n) is 15.9. The molecule has 1 fully saturated rings. The van der Waals surface area contributed by atoms with Crippen LogP contribution in [0.25, 0.3) is 0 Å². The number of para-hydroxylation sites is 1. The van der Waals surface area contributed by atoms with Crippen molar-refractivity contribution in [3.8, 4) is 5.75 Å². The van der Waals surface area contributed by atoms with E-state index in [4.69, 9.17) is 4.74 Å². The van der Waals surface area contributed by atoms with Crippen LogP contribution in [0.15, 0.2) is 83.3 Å². The van der Waals surface area contributed by atoms with E-state index < -0.39 is 6.09 Å². The molecular weight excluding hydrogens is 430 g/mol. The van der Waals surface area contributed by atoms with Gasteiger partial charge in [0.2, 0.25) is 0 Å². The fourth-order valence-electron chi connectivity index (χ4n) is 3.37. The van der Waals surface area contributed by atoms with Gasteiger partial charge in [-0.25, -0.2) is 4.79 Å². The van der Waals surface area contributed by atoms with Crippen molar-refractivity contribution in [1.82, 2.24) is 0 Å². The fourth-order valence-corrected chi connectivity index (χ4v) is 3.63. The van der Waals surface area contributed by atoms with Gasteiger partial charge in [-0.3, -0.25) is 5.32 Å². The first kappa shape index (κ1) is 19.3. The van der Waals surface area contributed by atoms with E-state index in [1.165, 1.54) is 5.69 Å². The zero-order chi connectivity index (χ0) is 20.1. The maximum absolute atomic E-state index is 12.0. The van der Waals surface area contributed by atoms with Gasteiger partial charge in [-0.2, -0.15) is 0 Å². The summed E-state index contributed by atoms with van der Waals surface area (Å²) in [5.74, 6) is 0.519. The van der Waals surface area contributed by atoms with Crippen molar-refractivity contribution in [2.24, 2.45) is 0 Å². The second kappa shape index (κ2) is 9.01. The molecule has 1 amide bonds. The lowest BCUT2D eigenvalue weighted by Crippen LogP contribution is -2.46. The molecule has 3 aromatic carbocycles. The number of rotatable bonds is 4. The van der Waals surface area contributed by atoms with E-state index >= 15 is 0 Å². The van der Waals surface area contributed by atoms with Crippen molar-refractivity contribution in [3.05, 3.63) is 83.3 Å². The molecule has 4 rings (SSSR count). The molecule has 0 radical (unpaired) electrons. The summed E-state index contributed by atoms with van der Waals surface area (Å²) in [6.07, 6.45) is -0.493. The molecule has 1 saturated heterocycles. The topological polar surface area (TPSA) is 44.8 Å². The van der Waals surface area contributed by atoms with Crippen molar-refractivity contribution in [2.75, 3.05) is 41.3 Å². The van der Waals surface area contributed by atoms with Gasteiger partial charge in [-0.1, -0.05) is 34.1 Å². The summed E-state index contributed by atoms with van der Waals surface area (Å²) in [6, 6.07) is 25.4. The number of carbonyl (C=O) groups excluding carboxylic acids is 1. The molecule has 1 heterocycles. The van der Waals surface area contributed by atoms with Gasteiger partial charge in [0.1, 0.15) is 5.75 Å². The van der Waals surface area contributed by atoms with Crippen molar-refractivity contribution >= 4 is 39.1 Å². The Kier molecular flexibility index (Phi) is 6.00. The third-order valence-corrected chi connectivity index (χ3v) is 5.43. The highest BCUT2D eigenvalue weighted by Gasteiger charge is 2.17. The Morgan fingerprint density at radius 3 is 1.83 bits per heavy atom. The van der Waals surface area contributed by atoms with Crippen molar-refractivity contribution in [1.29, 1.82) is 0 Å². The van der Waals surface area contributed by atoms with Gasteiger partial charge in [0.15, 0.2) is 0 Å². The van der Waals surface area contributed by atoms with Gasteiger partial charge in [-0.05, 0) is 60.7 Å². The first-order valence-corrected chi connectivity index (χ1v) is 10.4. The number of carbonyl (C=O) groups is 1. The minimum Gasteiger partial charge on any atom is -0.410 e. The highest BCUT2D eigenvalue weighted by Crippen LogP contribution is 2.23. The Labute approximate surface area is 179 Å². The molecule has 148 valence electrons. The van der Waals surface area contributed by atoms with Crippen LogP contribution in [-0.2, 0) is 0 Å². The number of nitrogens with one attached hydrogen (secondary N) is 1. The molecule has 0 spiro atoms. The van der Waals surface area contributed by atoms with Crippen molar-refractivity contribution < 1.29 is 9.53 Å². The Hall–Kier alpha value is -2.99. The molecule has 0 bridgehead atoms. The summed E-state index contributed by atoms with van der Waals surface area (Å²) < 4.78 is 6.36. The second-order valence-electron chi connectivity index (χ2n) is 6.82. The molecule has 1 N–H and O–H groups in total. The molecular formula is C23H22BrN3O2. The molecule has 3 aromatic rings. The van der Waals surface area contributed by atoms with Crippen molar-refractivity contribution in [2.45, 2.75) is 0 Å². The number of benzene rings is 3. The van der Waals surface area contributed by atoms with E-state index in [0.29, 0.717) is 11.4 Å². The lowest BCUT2D eigenvalue weighted by Gasteiger charge is -2.37. The molecule has 5 nitrogen and oxygen atoms in total. The molecule has 29 heavy (non-hydrogen) atoms. The van der Waals surface area contributed by atoms with Crippen LogP contribution in [0.2, 0.25) is 0 Å². The van der Waals surface area contributed by atoms with Crippen LogP contribution >= 0.6 is 15.9 Å². The Balaban J connectivity index is 1.30. The number of nitrogens with zero attached hydrogens (tertiary/aromatic N) is 2. The number of halogens is 1. The zero-order valence-corrected chi connectivity index (χ0v) is 17.5. The van der Waals surface area contributed by atoms with Crippen LogP contribution in [0.5, 0.6) is 5.75 Å². The van der Waals surface area contributed by atoms with Crippen LogP contribution in [-0.4, -0.2) is 32.3 Å². The third-order valence-electron chi connectivity index (χ3n) is 4.90. The molecule has 0 aliphatic carbocycles. The van der Waals surface area contributed by atoms with E-state index in [2.05, 4.69) is 55.3 Å². The molecule has 0 unspecified atom stereocenters. The van der Waals surface area contributed by atoms with Gasteiger partial charge in [0, 0.05) is 47.7 Å². The van der Waals surface area contributed by atoms with E-state index in [1.54, 1.807) is 12.1 Å². The molecule has 1 aliphatic heterocycles. The van der Waals surface area contributed by atoms with Crippen LogP contribution < -0.4 is 19.9 Å². The summed E-state index contributed by atoms with van der Waals surface area (Å²) in [5, 5.41) is 2.76. The van der Waals surface area contributed by atoms with Gasteiger partial charge >= 0.3 is 6.09 Å². The average molecular weight is 452 g/mol. The normalized spacial score (nSPS) is 13.8. The number of hydrogen-bond acceptors (Lipinski definition) is 4. The third kappa shape index (κ3) is 5.09. The number of anilines is 3. The van der Waals surface area contributed by atoms with Gasteiger partial charge < -0.3 is 14.5 Å². The Bertz CT molecular complexity index is 938. The lowest BCUT2D eigenvalue weighted by atomic mass is 10.2. The largest absolute Gasteiger partial charge is 0.417 e. The summed E-state index contributed by atoms with van der Waals surface area (Å²) >= 11 is 3.49. The van der Waals surface area contributed by atoms with Gasteiger partial charge in [0.05, 0.1) is 0 Å². The Morgan fingerprint density at radius 2 is 1.28 bits per heavy atom. The molecule has 0 atom stereocenters. The van der Waals surface area contributed by atoms with E-state index in [-0.39, 0.29) is 0 Å². The van der Waals surface area contributed by atoms with E-state index in [1.807, 2.05) is 42.5 Å². The summed E-state index contributed by atoms with van der Waals surface area (Å²) in [5.41, 5.74) is 3.12. The maximum Gasteiger partial charge on any atom is 0.417 e. The Morgan fingerprint density at radius 1 is 0.759 bits per heavy atom. The number of amides is 1. The van der Waals surface area contributed by atoms with E-state index in [9.17, 15) is 4.79 Å². The number of hydrogen-bond donors (Lipinski definition) is 1. The predicted molar refractivity (Wildman–Crippen MR) is 121 cm³/mol. The fraction of sp³-hybridized carbons (Fsp3) is 0.174. The lowest BCUT2D eigenvalue weighted by molar-refractivity contribution is 0.215. The monoisotopic (exact) mass is 451 g/mol. The van der Waals surface area contributed by atoms with Crippen LogP contribution in [0.3, 0.4) is 0 Å². The molecule has 1 aliphatic rings. The minimum absolute atomic E-state index is 0.493. The first-order chi connectivity index (χ1) is 14.2. The first-order valence-electron chi connectivity index (χ1n) is 9.57. The highest BCUT2D eigenvalue weighted by atomic mass is 79.9. The smallest absolute Gasteiger partial charge is 0.410 e. The quantitative estimate of drug-likeness (QED) is 0.577. The van der Waals surface area contributed by atoms with Crippen LogP contribution in [0.1, 0.15) is 0 Å². The number of ether oxygens (including phenoxy) is 1.